The summed E-state index contributed by atoms with van der Waals surface area (Å²) in [4.78, 5) is -3.43. The molecule has 5 heteroatoms. The molecule has 0 bridgehead atoms. The number of hydrogen-bond donors (Lipinski definition) is 1. The third-order valence-electron chi connectivity index (χ3n) is 2.43. The molecule has 0 aliphatic rings. The molecule has 1 rings (SSSR count). The van der Waals surface area contributed by atoms with Crippen molar-refractivity contribution in [1.82, 2.24) is 0 Å². The van der Waals surface area contributed by atoms with E-state index in [1.54, 1.807) is 19.1 Å². The second-order valence-electron chi connectivity index (χ2n) is 3.77. The number of aliphatic hydroxyl groups is 1. The molecule has 0 radical (unpaired) electrons. The van der Waals surface area contributed by atoms with Crippen molar-refractivity contribution < 1.29 is 18.6 Å². The van der Waals surface area contributed by atoms with Crippen molar-refractivity contribution in [2.24, 2.45) is 0 Å². The molecular formula is C11H13BrF2O2. The fourth-order valence-corrected chi connectivity index (χ4v) is 1.57. The number of ether oxygens (including phenoxy) is 1. The largest absolute Gasteiger partial charge is 0.496 e. The molecule has 0 amide bonds. The summed E-state index contributed by atoms with van der Waals surface area (Å²) < 4.78 is 31.5. The first-order valence-corrected chi connectivity index (χ1v) is 5.43. The van der Waals surface area contributed by atoms with Gasteiger partial charge in [-0.2, -0.15) is 8.78 Å². The average Bonchev–Trinajstić information content (AvgIpc) is 2.16. The SMILES string of the molecule is COc1ccc(C)cc1C(C)(O)C(F)(F)Br. The fraction of sp³-hybridized carbons (Fsp3) is 0.455. The lowest BCUT2D eigenvalue weighted by Crippen LogP contribution is -2.38. The van der Waals surface area contributed by atoms with Crippen LogP contribution in [0.2, 0.25) is 0 Å². The standard InChI is InChI=1S/C11H13BrF2O2/c1-7-4-5-9(16-3)8(6-7)10(2,15)11(12,13)14/h4-6,15H,1-3H3. The molecule has 90 valence electrons. The van der Waals surface area contributed by atoms with Gasteiger partial charge < -0.3 is 9.84 Å². The van der Waals surface area contributed by atoms with E-state index in [1.165, 1.54) is 13.2 Å². The number of halogens is 3. The second kappa shape index (κ2) is 4.30. The molecule has 0 aliphatic carbocycles. The third kappa shape index (κ3) is 2.35. The van der Waals surface area contributed by atoms with Crippen molar-refractivity contribution in [2.45, 2.75) is 24.3 Å². The van der Waals surface area contributed by atoms with E-state index < -0.39 is 10.4 Å². The molecule has 0 saturated heterocycles. The summed E-state index contributed by atoms with van der Waals surface area (Å²) >= 11 is 2.19. The summed E-state index contributed by atoms with van der Waals surface area (Å²) in [6.45, 7) is 2.80. The number of alkyl halides is 3. The molecule has 2 nitrogen and oxygen atoms in total. The highest BCUT2D eigenvalue weighted by Crippen LogP contribution is 2.45. The van der Waals surface area contributed by atoms with E-state index in [4.69, 9.17) is 4.74 Å². The molecule has 0 fully saturated rings. The lowest BCUT2D eigenvalue weighted by atomic mass is 9.94. The van der Waals surface area contributed by atoms with E-state index in [9.17, 15) is 13.9 Å². The molecule has 0 aromatic heterocycles. The van der Waals surface area contributed by atoms with Gasteiger partial charge in [0.1, 0.15) is 5.75 Å². The highest BCUT2D eigenvalue weighted by atomic mass is 79.9. The Labute approximate surface area is 101 Å². The summed E-state index contributed by atoms with van der Waals surface area (Å²) in [6, 6.07) is 4.76. The van der Waals surface area contributed by atoms with E-state index in [-0.39, 0.29) is 11.3 Å². The van der Waals surface area contributed by atoms with Gasteiger partial charge >= 0.3 is 4.83 Å². The predicted octanol–water partition coefficient (Wildman–Crippen LogP) is 3.20. The lowest BCUT2D eigenvalue weighted by Gasteiger charge is -2.30. The minimum atomic E-state index is -3.43. The third-order valence-corrected chi connectivity index (χ3v) is 3.20. The van der Waals surface area contributed by atoms with Gasteiger partial charge in [-0.15, -0.1) is 0 Å². The van der Waals surface area contributed by atoms with Crippen LogP contribution >= 0.6 is 15.9 Å². The molecule has 1 atom stereocenters. The monoisotopic (exact) mass is 294 g/mol. The Morgan fingerprint density at radius 1 is 1.38 bits per heavy atom. The first-order chi connectivity index (χ1) is 7.20. The van der Waals surface area contributed by atoms with Crippen molar-refractivity contribution in [3.63, 3.8) is 0 Å². The van der Waals surface area contributed by atoms with Crippen LogP contribution in [0.5, 0.6) is 5.75 Å². The first-order valence-electron chi connectivity index (χ1n) is 4.64. The Bertz CT molecular complexity index is 386. The zero-order valence-corrected chi connectivity index (χ0v) is 10.8. The van der Waals surface area contributed by atoms with Gasteiger partial charge in [0.15, 0.2) is 5.60 Å². The molecule has 0 heterocycles. The number of aryl methyl sites for hydroxylation is 1. The molecule has 0 aliphatic heterocycles. The highest BCUT2D eigenvalue weighted by molar-refractivity contribution is 9.10. The van der Waals surface area contributed by atoms with E-state index in [2.05, 4.69) is 15.9 Å². The smallest absolute Gasteiger partial charge is 0.333 e. The fourth-order valence-electron chi connectivity index (χ4n) is 1.35. The summed E-state index contributed by atoms with van der Waals surface area (Å²) in [7, 11) is 1.37. The number of benzene rings is 1. The van der Waals surface area contributed by atoms with Crippen LogP contribution in [0.4, 0.5) is 8.78 Å². The summed E-state index contributed by atoms with van der Waals surface area (Å²) in [5.41, 5.74) is -1.51. The first kappa shape index (κ1) is 13.4. The summed E-state index contributed by atoms with van der Waals surface area (Å²) in [6.07, 6.45) is 0. The van der Waals surface area contributed by atoms with Crippen LogP contribution in [0.15, 0.2) is 18.2 Å². The minimum absolute atomic E-state index is 0.0527. The van der Waals surface area contributed by atoms with E-state index >= 15 is 0 Å². The van der Waals surface area contributed by atoms with Crippen molar-refractivity contribution >= 4 is 15.9 Å². The van der Waals surface area contributed by atoms with Crippen LogP contribution < -0.4 is 4.74 Å². The maximum absolute atomic E-state index is 13.2. The van der Waals surface area contributed by atoms with Gasteiger partial charge in [0.25, 0.3) is 0 Å². The van der Waals surface area contributed by atoms with E-state index in [1.807, 2.05) is 0 Å². The van der Waals surface area contributed by atoms with Crippen LogP contribution in [-0.2, 0) is 5.60 Å². The van der Waals surface area contributed by atoms with Crippen LogP contribution in [0.3, 0.4) is 0 Å². The number of methoxy groups -OCH3 is 1. The van der Waals surface area contributed by atoms with Crippen LogP contribution in [0.1, 0.15) is 18.1 Å². The topological polar surface area (TPSA) is 29.5 Å². The van der Waals surface area contributed by atoms with Gasteiger partial charge in [-0.05, 0) is 41.9 Å². The Morgan fingerprint density at radius 2 is 1.94 bits per heavy atom. The predicted molar refractivity (Wildman–Crippen MR) is 61.2 cm³/mol. The van der Waals surface area contributed by atoms with Crippen LogP contribution in [0, 0.1) is 6.92 Å². The van der Waals surface area contributed by atoms with Crippen molar-refractivity contribution in [3.05, 3.63) is 29.3 Å². The van der Waals surface area contributed by atoms with Crippen molar-refractivity contribution in [3.8, 4) is 5.75 Å². The molecular weight excluding hydrogens is 282 g/mol. The number of hydrogen-bond acceptors (Lipinski definition) is 2. The summed E-state index contributed by atoms with van der Waals surface area (Å²) in [5, 5.41) is 9.88. The molecule has 1 aromatic carbocycles. The zero-order valence-electron chi connectivity index (χ0n) is 9.22. The van der Waals surface area contributed by atoms with Crippen molar-refractivity contribution in [1.29, 1.82) is 0 Å². The van der Waals surface area contributed by atoms with Gasteiger partial charge in [0.2, 0.25) is 0 Å². The zero-order chi connectivity index (χ0) is 12.6. The van der Waals surface area contributed by atoms with Gasteiger partial charge in [-0.1, -0.05) is 11.6 Å². The highest BCUT2D eigenvalue weighted by Gasteiger charge is 2.49. The Kier molecular flexibility index (Phi) is 3.59. The van der Waals surface area contributed by atoms with E-state index in [0.29, 0.717) is 0 Å². The van der Waals surface area contributed by atoms with Gasteiger partial charge in [-0.25, -0.2) is 0 Å². The molecule has 1 unspecified atom stereocenters. The van der Waals surface area contributed by atoms with Crippen LogP contribution in [-0.4, -0.2) is 17.0 Å². The molecule has 0 saturated carbocycles. The molecule has 1 N–H and O–H groups in total. The quantitative estimate of drug-likeness (QED) is 0.868. The Hall–Kier alpha value is -0.680. The average molecular weight is 295 g/mol. The van der Waals surface area contributed by atoms with Crippen LogP contribution in [0.25, 0.3) is 0 Å². The lowest BCUT2D eigenvalue weighted by molar-refractivity contribution is -0.110. The minimum Gasteiger partial charge on any atom is -0.496 e. The van der Waals surface area contributed by atoms with Gasteiger partial charge in [0, 0.05) is 5.56 Å². The second-order valence-corrected chi connectivity index (χ2v) is 4.77. The summed E-state index contributed by atoms with van der Waals surface area (Å²) in [5.74, 6) is 0.231. The van der Waals surface area contributed by atoms with Gasteiger partial charge in [0.05, 0.1) is 7.11 Å². The maximum Gasteiger partial charge on any atom is 0.333 e. The number of rotatable bonds is 3. The van der Waals surface area contributed by atoms with E-state index in [0.717, 1.165) is 12.5 Å². The molecule has 1 aromatic rings. The van der Waals surface area contributed by atoms with Crippen molar-refractivity contribution in [2.75, 3.05) is 7.11 Å². The molecule has 16 heavy (non-hydrogen) atoms. The maximum atomic E-state index is 13.2. The Balaban J connectivity index is 3.36. The van der Waals surface area contributed by atoms with Gasteiger partial charge in [-0.3, -0.25) is 0 Å². The Morgan fingerprint density at radius 3 is 2.38 bits per heavy atom. The molecule has 0 spiro atoms. The normalized spacial score (nSPS) is 15.7.